The van der Waals surface area contributed by atoms with Crippen molar-refractivity contribution in [3.8, 4) is 0 Å². The van der Waals surface area contributed by atoms with Crippen LogP contribution in [-0.4, -0.2) is 37.1 Å². The van der Waals surface area contributed by atoms with Gasteiger partial charge in [-0.1, -0.05) is 6.42 Å². The lowest BCUT2D eigenvalue weighted by molar-refractivity contribution is -0.537. The smallest absolute Gasteiger partial charge is 0.336 e. The fraction of sp³-hybridized carbons (Fsp3) is 0.647. The molecular weight excluding hydrogens is 328 g/mol. The van der Waals surface area contributed by atoms with E-state index in [9.17, 15) is 19.7 Å². The van der Waals surface area contributed by atoms with E-state index in [0.29, 0.717) is 12.8 Å². The van der Waals surface area contributed by atoms with Crippen molar-refractivity contribution in [2.24, 2.45) is 11.8 Å². The molecule has 0 radical (unpaired) electrons. The average molecular weight is 358 g/mol. The third-order valence-electron chi connectivity index (χ3n) is 4.70. The Balaban J connectivity index is 2.92. The number of esters is 2. The maximum atomic E-state index is 12.7. The van der Waals surface area contributed by atoms with E-state index in [1.165, 1.54) is 0 Å². The van der Waals surface area contributed by atoms with Gasteiger partial charge < -0.3 is 14.8 Å². The highest BCUT2D eigenvalue weighted by atomic mass is 16.6. The average Bonchev–Trinajstić information content (AvgIpc) is 2.69. The second kappa shape index (κ2) is 7.67. The number of nitro groups is 1. The maximum Gasteiger partial charge on any atom is 0.336 e. The van der Waals surface area contributed by atoms with Crippen LogP contribution in [-0.2, 0) is 19.1 Å². The molecule has 1 heterocycles. The number of carbonyl (C=O) groups is 2. The molecule has 8 nitrogen and oxygen atoms in total. The van der Waals surface area contributed by atoms with Crippen LogP contribution >= 0.6 is 0 Å². The number of rotatable bonds is 4. The van der Waals surface area contributed by atoms with Gasteiger partial charge in [0.05, 0.1) is 25.4 Å². The highest BCUT2D eigenvalue weighted by Crippen LogP contribution is 2.43. The van der Waals surface area contributed by atoms with Crippen LogP contribution in [0.25, 0.3) is 0 Å². The molecule has 1 aliphatic heterocycles. The number of nitrogens with zero attached hydrogens (tertiary/aromatic N) is 1. The Kier molecular flexibility index (Phi) is 3.70. The van der Waals surface area contributed by atoms with Gasteiger partial charge in [-0.3, -0.25) is 10.1 Å². The molecule has 0 amide bonds. The number of ether oxygens (including phenoxy) is 2. The van der Waals surface area contributed by atoms with E-state index < -0.39 is 71.0 Å². The number of hydrogen-bond donors (Lipinski definition) is 1. The molecule has 2 unspecified atom stereocenters. The summed E-state index contributed by atoms with van der Waals surface area (Å²) in [5, 5.41) is 14.0. The standard InChI is InChI=1S/C17H24N2O6/c1-9-13(16(20)24-3)15(14(10(2)18-9)17(21)25-4)11-7-5-6-8-12(11)19(22)23/h11-12,15,18H,5-8H2,1-4H3/i1D3,2D3. The minimum absolute atomic E-state index is 0.136. The molecule has 1 aliphatic carbocycles. The second-order valence-electron chi connectivity index (χ2n) is 5.96. The van der Waals surface area contributed by atoms with Crippen LogP contribution in [0, 0.1) is 22.0 Å². The van der Waals surface area contributed by atoms with Gasteiger partial charge in [-0.15, -0.1) is 0 Å². The first-order chi connectivity index (χ1) is 14.3. The summed E-state index contributed by atoms with van der Waals surface area (Å²) in [5.41, 5.74) is -2.49. The molecule has 0 bridgehead atoms. The van der Waals surface area contributed by atoms with Gasteiger partial charge in [0.25, 0.3) is 0 Å². The molecule has 0 saturated heterocycles. The summed E-state index contributed by atoms with van der Waals surface area (Å²) >= 11 is 0. The van der Waals surface area contributed by atoms with Gasteiger partial charge in [-0.2, -0.15) is 0 Å². The Morgan fingerprint density at radius 2 is 1.64 bits per heavy atom. The molecule has 2 rings (SSSR count). The summed E-state index contributed by atoms with van der Waals surface area (Å²) in [6.45, 7) is -5.97. The molecule has 138 valence electrons. The van der Waals surface area contributed by atoms with Crippen molar-refractivity contribution in [1.29, 1.82) is 0 Å². The SMILES string of the molecule is [2H]C([2H])([2H])C1=C(C(=O)OC)C(C2CCCCC2[N+](=O)[O-])C(C(=O)OC)=C(C([2H])([2H])[2H])N1. The predicted molar refractivity (Wildman–Crippen MR) is 88.8 cm³/mol. The quantitative estimate of drug-likeness (QED) is 0.465. The normalized spacial score (nSPS) is 29.2. The van der Waals surface area contributed by atoms with Crippen LogP contribution < -0.4 is 5.32 Å². The highest BCUT2D eigenvalue weighted by Gasteiger charge is 2.48. The molecule has 1 fully saturated rings. The van der Waals surface area contributed by atoms with Crippen LogP contribution in [0.2, 0.25) is 0 Å². The maximum absolute atomic E-state index is 12.7. The number of methoxy groups -OCH3 is 2. The summed E-state index contributed by atoms with van der Waals surface area (Å²) in [6.07, 6.45) is 1.37. The highest BCUT2D eigenvalue weighted by molar-refractivity contribution is 5.97. The minimum atomic E-state index is -2.99. The van der Waals surface area contributed by atoms with Crippen molar-refractivity contribution in [2.45, 2.75) is 45.4 Å². The zero-order valence-corrected chi connectivity index (χ0v) is 14.0. The first kappa shape index (κ1) is 12.1. The Morgan fingerprint density at radius 3 is 2.08 bits per heavy atom. The van der Waals surface area contributed by atoms with Gasteiger partial charge in [0.15, 0.2) is 0 Å². The second-order valence-corrected chi connectivity index (χ2v) is 5.96. The molecule has 0 aromatic rings. The monoisotopic (exact) mass is 358 g/mol. The molecule has 1 saturated carbocycles. The molecule has 0 aromatic heterocycles. The van der Waals surface area contributed by atoms with Crippen molar-refractivity contribution in [3.05, 3.63) is 32.7 Å². The summed E-state index contributed by atoms with van der Waals surface area (Å²) in [6, 6.07) is -1.22. The molecule has 2 aliphatic rings. The van der Waals surface area contributed by atoms with E-state index in [2.05, 4.69) is 5.32 Å². The van der Waals surface area contributed by atoms with Gasteiger partial charge >= 0.3 is 11.9 Å². The van der Waals surface area contributed by atoms with E-state index in [0.717, 1.165) is 14.2 Å². The van der Waals surface area contributed by atoms with Crippen molar-refractivity contribution in [2.75, 3.05) is 14.2 Å². The zero-order chi connectivity index (χ0) is 23.7. The Hall–Kier alpha value is -2.38. The van der Waals surface area contributed by atoms with E-state index in [4.69, 9.17) is 17.7 Å². The van der Waals surface area contributed by atoms with Crippen molar-refractivity contribution >= 4 is 11.9 Å². The van der Waals surface area contributed by atoms with E-state index in [1.807, 2.05) is 0 Å². The van der Waals surface area contributed by atoms with Crippen LogP contribution in [0.15, 0.2) is 22.5 Å². The van der Waals surface area contributed by atoms with Crippen LogP contribution in [0.3, 0.4) is 0 Å². The first-order valence-electron chi connectivity index (χ1n) is 10.8. The van der Waals surface area contributed by atoms with E-state index in [-0.39, 0.29) is 12.8 Å². The topological polar surface area (TPSA) is 108 Å². The minimum Gasteiger partial charge on any atom is -0.466 e. The summed E-state index contributed by atoms with van der Waals surface area (Å²) < 4.78 is 56.4. The molecule has 0 spiro atoms. The van der Waals surface area contributed by atoms with Crippen LogP contribution in [0.5, 0.6) is 0 Å². The largest absolute Gasteiger partial charge is 0.466 e. The lowest BCUT2D eigenvalue weighted by Gasteiger charge is -2.37. The number of dihydropyridines is 1. The Labute approximate surface area is 154 Å². The summed E-state index contributed by atoms with van der Waals surface area (Å²) in [5.74, 6) is -4.75. The fourth-order valence-electron chi connectivity index (χ4n) is 3.61. The summed E-state index contributed by atoms with van der Waals surface area (Å²) in [4.78, 5) is 36.6. The first-order valence-corrected chi connectivity index (χ1v) is 7.82. The lowest BCUT2D eigenvalue weighted by Crippen LogP contribution is -2.44. The molecule has 8 heteroatoms. The molecule has 0 aromatic carbocycles. The van der Waals surface area contributed by atoms with Crippen LogP contribution in [0.4, 0.5) is 0 Å². The number of carbonyl (C=O) groups excluding carboxylic acids is 2. The number of nitrogens with one attached hydrogen (secondary N) is 1. The van der Waals surface area contributed by atoms with Gasteiger partial charge in [0, 0.05) is 42.8 Å². The Bertz CT molecular complexity index is 782. The van der Waals surface area contributed by atoms with Gasteiger partial charge in [-0.05, 0) is 26.5 Å². The Morgan fingerprint density at radius 1 is 1.12 bits per heavy atom. The predicted octanol–water partition coefficient (Wildman–Crippen LogP) is 1.94. The van der Waals surface area contributed by atoms with Crippen molar-refractivity contribution in [3.63, 3.8) is 0 Å². The number of allylic oxidation sites excluding steroid dienone is 2. The van der Waals surface area contributed by atoms with Crippen molar-refractivity contribution in [1.82, 2.24) is 5.32 Å². The van der Waals surface area contributed by atoms with Crippen molar-refractivity contribution < 1.29 is 32.2 Å². The molecular formula is C17H24N2O6. The number of hydrogen-bond acceptors (Lipinski definition) is 7. The van der Waals surface area contributed by atoms with Gasteiger partial charge in [0.2, 0.25) is 6.04 Å². The third kappa shape index (κ3) is 3.52. The van der Waals surface area contributed by atoms with E-state index in [1.54, 1.807) is 0 Å². The molecule has 25 heavy (non-hydrogen) atoms. The lowest BCUT2D eigenvalue weighted by atomic mass is 9.68. The van der Waals surface area contributed by atoms with Crippen LogP contribution in [0.1, 0.15) is 47.6 Å². The molecule has 2 atom stereocenters. The summed E-state index contributed by atoms with van der Waals surface area (Å²) in [7, 11) is 1.99. The molecule has 1 N–H and O–H groups in total. The van der Waals surface area contributed by atoms with Gasteiger partial charge in [0.1, 0.15) is 0 Å². The zero-order valence-electron chi connectivity index (χ0n) is 20.0. The van der Waals surface area contributed by atoms with E-state index >= 15 is 0 Å². The van der Waals surface area contributed by atoms with Gasteiger partial charge in [-0.25, -0.2) is 9.59 Å². The fourth-order valence-corrected chi connectivity index (χ4v) is 3.61. The third-order valence-corrected chi connectivity index (χ3v) is 4.70.